The minimum absolute atomic E-state index is 0. The molecular weight excluding hydrogens is 383 g/mol. The van der Waals surface area contributed by atoms with Crippen molar-refractivity contribution in [3.63, 3.8) is 0 Å². The molecule has 0 heterocycles. The van der Waals surface area contributed by atoms with Crippen molar-refractivity contribution >= 4 is 41.7 Å². The number of nitriles is 1. The summed E-state index contributed by atoms with van der Waals surface area (Å²) in [7, 11) is 0. The van der Waals surface area contributed by atoms with Crippen molar-refractivity contribution in [2.45, 2.75) is 13.5 Å². The lowest BCUT2D eigenvalue weighted by atomic mass is 10.1. The Labute approximate surface area is 142 Å². The summed E-state index contributed by atoms with van der Waals surface area (Å²) in [5.74, 6) is 1.89. The molecule has 1 aromatic rings. The van der Waals surface area contributed by atoms with Crippen LogP contribution in [0.15, 0.2) is 29.3 Å². The molecule has 4 nitrogen and oxygen atoms in total. The van der Waals surface area contributed by atoms with Crippen LogP contribution in [0.2, 0.25) is 0 Å². The summed E-state index contributed by atoms with van der Waals surface area (Å²) in [6.07, 6.45) is 2.09. The molecule has 1 aromatic carbocycles. The molecule has 0 aliphatic heterocycles. The predicted molar refractivity (Wildman–Crippen MR) is 97.8 cm³/mol. The van der Waals surface area contributed by atoms with Crippen molar-refractivity contribution in [2.75, 3.05) is 25.1 Å². The Balaban J connectivity index is 0.00000361. The number of hydrogen-bond acceptors (Lipinski definition) is 3. The highest BCUT2D eigenvalue weighted by atomic mass is 127. The van der Waals surface area contributed by atoms with E-state index < -0.39 is 0 Å². The van der Waals surface area contributed by atoms with E-state index in [1.54, 1.807) is 11.8 Å². The first kappa shape index (κ1) is 19.1. The first-order valence-electron chi connectivity index (χ1n) is 6.30. The minimum atomic E-state index is 0. The highest BCUT2D eigenvalue weighted by Gasteiger charge is 1.97. The Morgan fingerprint density at radius 2 is 2.00 bits per heavy atom. The van der Waals surface area contributed by atoms with Gasteiger partial charge in [0.25, 0.3) is 0 Å². The molecule has 1 rings (SSSR count). The number of benzene rings is 1. The van der Waals surface area contributed by atoms with E-state index in [-0.39, 0.29) is 24.0 Å². The van der Waals surface area contributed by atoms with Crippen molar-refractivity contribution in [3.05, 3.63) is 35.4 Å². The molecule has 20 heavy (non-hydrogen) atoms. The molecule has 0 aliphatic carbocycles. The van der Waals surface area contributed by atoms with Crippen LogP contribution in [0.5, 0.6) is 0 Å². The number of thioether (sulfide) groups is 1. The summed E-state index contributed by atoms with van der Waals surface area (Å²) in [6.45, 7) is 4.41. The minimum Gasteiger partial charge on any atom is -0.357 e. The smallest absolute Gasteiger partial charge is 0.191 e. The van der Waals surface area contributed by atoms with Gasteiger partial charge in [0.2, 0.25) is 0 Å². The Morgan fingerprint density at radius 1 is 1.30 bits per heavy atom. The number of nitrogens with one attached hydrogen (secondary N) is 2. The predicted octanol–water partition coefficient (Wildman–Crippen LogP) is 2.59. The molecular formula is C14H21IN4S. The first-order valence-corrected chi connectivity index (χ1v) is 7.69. The fourth-order valence-electron chi connectivity index (χ4n) is 1.47. The molecule has 0 bridgehead atoms. The second-order valence-corrected chi connectivity index (χ2v) is 4.91. The highest BCUT2D eigenvalue weighted by Crippen LogP contribution is 2.04. The molecule has 0 aromatic heterocycles. The van der Waals surface area contributed by atoms with Crippen molar-refractivity contribution < 1.29 is 0 Å². The van der Waals surface area contributed by atoms with Crippen LogP contribution in [0.25, 0.3) is 0 Å². The molecule has 2 N–H and O–H groups in total. The van der Waals surface area contributed by atoms with Crippen LogP contribution in [0, 0.1) is 11.3 Å². The monoisotopic (exact) mass is 404 g/mol. The maximum Gasteiger partial charge on any atom is 0.191 e. The standard InChI is InChI=1S/C14H20N4S.HI/c1-3-16-14(17-8-9-19-2)18-11-13-6-4-12(10-15)5-7-13;/h4-7H,3,8-9,11H2,1-2H3,(H2,16,17,18);1H. The van der Waals surface area contributed by atoms with E-state index in [9.17, 15) is 0 Å². The molecule has 110 valence electrons. The summed E-state index contributed by atoms with van der Waals surface area (Å²) in [4.78, 5) is 4.51. The van der Waals surface area contributed by atoms with Crippen LogP contribution in [0.3, 0.4) is 0 Å². The second kappa shape index (κ2) is 11.9. The van der Waals surface area contributed by atoms with Crippen LogP contribution >= 0.6 is 35.7 Å². The van der Waals surface area contributed by atoms with Gasteiger partial charge in [0.1, 0.15) is 0 Å². The number of rotatable bonds is 6. The van der Waals surface area contributed by atoms with Gasteiger partial charge < -0.3 is 10.6 Å². The van der Waals surface area contributed by atoms with Gasteiger partial charge in [-0.05, 0) is 30.9 Å². The van der Waals surface area contributed by atoms with Crippen LogP contribution < -0.4 is 10.6 Å². The Kier molecular flexibility index (Phi) is 11.3. The van der Waals surface area contributed by atoms with Crippen LogP contribution in [-0.4, -0.2) is 31.1 Å². The van der Waals surface area contributed by atoms with Gasteiger partial charge in [0, 0.05) is 18.8 Å². The van der Waals surface area contributed by atoms with Crippen molar-refractivity contribution in [1.29, 1.82) is 5.26 Å². The average Bonchev–Trinajstić information content (AvgIpc) is 2.45. The molecule has 0 amide bonds. The van der Waals surface area contributed by atoms with Crippen LogP contribution in [0.1, 0.15) is 18.1 Å². The maximum atomic E-state index is 8.74. The second-order valence-electron chi connectivity index (χ2n) is 3.92. The molecule has 0 saturated carbocycles. The molecule has 0 fully saturated rings. The molecule has 0 saturated heterocycles. The summed E-state index contributed by atoms with van der Waals surface area (Å²) < 4.78 is 0. The van der Waals surface area contributed by atoms with E-state index in [0.717, 1.165) is 30.4 Å². The number of aliphatic imine (C=N–C) groups is 1. The zero-order valence-corrected chi connectivity index (χ0v) is 15.0. The van der Waals surface area contributed by atoms with Crippen molar-refractivity contribution in [2.24, 2.45) is 4.99 Å². The quantitative estimate of drug-likeness (QED) is 0.331. The van der Waals surface area contributed by atoms with Gasteiger partial charge in [0.15, 0.2) is 5.96 Å². The number of halogens is 1. The number of hydrogen-bond donors (Lipinski definition) is 2. The van der Waals surface area contributed by atoms with Crippen LogP contribution in [0.4, 0.5) is 0 Å². The normalized spacial score (nSPS) is 10.3. The van der Waals surface area contributed by atoms with E-state index in [1.807, 2.05) is 31.2 Å². The van der Waals surface area contributed by atoms with Gasteiger partial charge in [-0.15, -0.1) is 24.0 Å². The molecule has 0 atom stereocenters. The largest absolute Gasteiger partial charge is 0.357 e. The van der Waals surface area contributed by atoms with Crippen molar-refractivity contribution in [1.82, 2.24) is 10.6 Å². The summed E-state index contributed by atoms with van der Waals surface area (Å²) in [6, 6.07) is 9.62. The SMILES string of the molecule is CCNC(=NCc1ccc(C#N)cc1)NCCSC.I. The molecule has 0 aliphatic rings. The van der Waals surface area contributed by atoms with Gasteiger partial charge in [-0.1, -0.05) is 12.1 Å². The summed E-state index contributed by atoms with van der Waals surface area (Å²) >= 11 is 1.80. The van der Waals surface area contributed by atoms with Gasteiger partial charge >= 0.3 is 0 Å². The van der Waals surface area contributed by atoms with Gasteiger partial charge in [0.05, 0.1) is 18.2 Å². The summed E-state index contributed by atoms with van der Waals surface area (Å²) in [5, 5.41) is 15.2. The first-order chi connectivity index (χ1) is 9.30. The average molecular weight is 404 g/mol. The van der Waals surface area contributed by atoms with E-state index in [1.165, 1.54) is 0 Å². The van der Waals surface area contributed by atoms with Crippen LogP contribution in [-0.2, 0) is 6.54 Å². The van der Waals surface area contributed by atoms with Crippen molar-refractivity contribution in [3.8, 4) is 6.07 Å². The number of nitrogens with zero attached hydrogens (tertiary/aromatic N) is 2. The molecule has 0 spiro atoms. The third kappa shape index (κ3) is 7.60. The fraction of sp³-hybridized carbons (Fsp3) is 0.429. The Morgan fingerprint density at radius 3 is 2.55 bits per heavy atom. The van der Waals surface area contributed by atoms with Gasteiger partial charge in [-0.2, -0.15) is 17.0 Å². The van der Waals surface area contributed by atoms with E-state index in [0.29, 0.717) is 12.1 Å². The highest BCUT2D eigenvalue weighted by molar-refractivity contribution is 14.0. The Hall–Kier alpha value is -0.940. The molecule has 6 heteroatoms. The molecule has 0 unspecified atom stereocenters. The topological polar surface area (TPSA) is 60.2 Å². The lowest BCUT2D eigenvalue weighted by Crippen LogP contribution is -2.38. The fourth-order valence-corrected chi connectivity index (χ4v) is 1.77. The lowest BCUT2D eigenvalue weighted by molar-refractivity contribution is 0.843. The zero-order valence-electron chi connectivity index (χ0n) is 11.8. The summed E-state index contributed by atoms with van der Waals surface area (Å²) in [5.41, 5.74) is 1.78. The van der Waals surface area contributed by atoms with Gasteiger partial charge in [-0.3, -0.25) is 0 Å². The maximum absolute atomic E-state index is 8.74. The van der Waals surface area contributed by atoms with Gasteiger partial charge in [-0.25, -0.2) is 4.99 Å². The van der Waals surface area contributed by atoms with E-state index in [4.69, 9.17) is 5.26 Å². The van der Waals surface area contributed by atoms with E-state index in [2.05, 4.69) is 28.0 Å². The van der Waals surface area contributed by atoms with E-state index >= 15 is 0 Å². The number of guanidine groups is 1. The third-order valence-electron chi connectivity index (χ3n) is 2.45. The third-order valence-corrected chi connectivity index (χ3v) is 3.06. The zero-order chi connectivity index (χ0) is 13.9. The molecule has 0 radical (unpaired) electrons. The lowest BCUT2D eigenvalue weighted by Gasteiger charge is -2.10. The Bertz CT molecular complexity index is 439.